The monoisotopic (exact) mass is 283 g/mol. The molecule has 5 heteroatoms. The highest BCUT2D eigenvalue weighted by Gasteiger charge is 2.21. The summed E-state index contributed by atoms with van der Waals surface area (Å²) in [5, 5.41) is 0.552. The van der Waals surface area contributed by atoms with Crippen molar-refractivity contribution < 1.29 is 4.74 Å². The van der Waals surface area contributed by atoms with E-state index in [1.807, 2.05) is 7.05 Å². The Balaban J connectivity index is 2.13. The SMILES string of the molecule is CC(C)c1c(Cl)ncnc1N(C)CC1CCCCO1. The molecule has 2 heterocycles. The van der Waals surface area contributed by atoms with Crippen molar-refractivity contribution in [3.63, 3.8) is 0 Å². The van der Waals surface area contributed by atoms with Gasteiger partial charge in [-0.1, -0.05) is 25.4 Å². The summed E-state index contributed by atoms with van der Waals surface area (Å²) in [5.41, 5.74) is 1.02. The molecule has 106 valence electrons. The Bertz CT molecular complexity index is 419. The number of rotatable bonds is 4. The summed E-state index contributed by atoms with van der Waals surface area (Å²) in [4.78, 5) is 10.6. The van der Waals surface area contributed by atoms with Crippen LogP contribution in [0.5, 0.6) is 0 Å². The molecule has 1 aromatic heterocycles. The van der Waals surface area contributed by atoms with E-state index >= 15 is 0 Å². The Kier molecular flexibility index (Phi) is 4.99. The summed E-state index contributed by atoms with van der Waals surface area (Å²) in [7, 11) is 2.04. The lowest BCUT2D eigenvalue weighted by atomic mass is 10.0. The van der Waals surface area contributed by atoms with Crippen molar-refractivity contribution in [2.24, 2.45) is 0 Å². The van der Waals surface area contributed by atoms with E-state index in [0.29, 0.717) is 17.2 Å². The van der Waals surface area contributed by atoms with E-state index in [2.05, 4.69) is 28.7 Å². The van der Waals surface area contributed by atoms with Crippen molar-refractivity contribution in [2.75, 3.05) is 25.1 Å². The molecule has 1 aliphatic rings. The Hall–Kier alpha value is -0.870. The maximum absolute atomic E-state index is 6.20. The van der Waals surface area contributed by atoms with Crippen LogP contribution >= 0.6 is 11.6 Å². The lowest BCUT2D eigenvalue weighted by molar-refractivity contribution is 0.0215. The minimum Gasteiger partial charge on any atom is -0.376 e. The molecule has 1 unspecified atom stereocenters. The molecule has 0 spiro atoms. The van der Waals surface area contributed by atoms with Crippen LogP contribution in [0.3, 0.4) is 0 Å². The highest BCUT2D eigenvalue weighted by Crippen LogP contribution is 2.30. The van der Waals surface area contributed by atoms with E-state index in [4.69, 9.17) is 16.3 Å². The van der Waals surface area contributed by atoms with Gasteiger partial charge in [-0.25, -0.2) is 9.97 Å². The molecule has 0 radical (unpaired) electrons. The molecule has 1 aromatic rings. The Morgan fingerprint density at radius 1 is 1.42 bits per heavy atom. The highest BCUT2D eigenvalue weighted by molar-refractivity contribution is 6.30. The molecule has 1 aliphatic heterocycles. The standard InChI is InChI=1S/C14H22ClN3O/c1-10(2)12-13(15)16-9-17-14(12)18(3)8-11-6-4-5-7-19-11/h9-11H,4-8H2,1-3H3. The van der Waals surface area contributed by atoms with Crippen molar-refractivity contribution >= 4 is 17.4 Å². The normalized spacial score (nSPS) is 19.7. The summed E-state index contributed by atoms with van der Waals surface area (Å²) < 4.78 is 5.78. The first-order valence-corrected chi connectivity index (χ1v) is 7.30. The molecule has 0 aromatic carbocycles. The van der Waals surface area contributed by atoms with Gasteiger partial charge in [0.2, 0.25) is 0 Å². The molecule has 1 atom stereocenters. The molecule has 0 saturated carbocycles. The lowest BCUT2D eigenvalue weighted by Gasteiger charge is -2.29. The molecule has 19 heavy (non-hydrogen) atoms. The second-order valence-electron chi connectivity index (χ2n) is 5.43. The fourth-order valence-electron chi connectivity index (χ4n) is 2.51. The maximum Gasteiger partial charge on any atom is 0.138 e. The number of nitrogens with zero attached hydrogens (tertiary/aromatic N) is 3. The van der Waals surface area contributed by atoms with Crippen molar-refractivity contribution in [3.8, 4) is 0 Å². The van der Waals surface area contributed by atoms with Crippen LogP contribution < -0.4 is 4.90 Å². The zero-order valence-electron chi connectivity index (χ0n) is 11.9. The van der Waals surface area contributed by atoms with Gasteiger partial charge in [-0.15, -0.1) is 0 Å². The second-order valence-corrected chi connectivity index (χ2v) is 5.78. The summed E-state index contributed by atoms with van der Waals surface area (Å²) in [6.07, 6.45) is 5.38. The zero-order valence-corrected chi connectivity index (χ0v) is 12.7. The number of ether oxygens (including phenoxy) is 1. The van der Waals surface area contributed by atoms with Crippen LogP contribution in [0.2, 0.25) is 5.15 Å². The van der Waals surface area contributed by atoms with Gasteiger partial charge in [0.05, 0.1) is 6.10 Å². The first-order valence-electron chi connectivity index (χ1n) is 6.92. The van der Waals surface area contributed by atoms with Gasteiger partial charge >= 0.3 is 0 Å². The number of hydrogen-bond acceptors (Lipinski definition) is 4. The van der Waals surface area contributed by atoms with Crippen molar-refractivity contribution in [1.82, 2.24) is 9.97 Å². The van der Waals surface area contributed by atoms with Gasteiger partial charge in [0.25, 0.3) is 0 Å². The molecule has 0 amide bonds. The van der Waals surface area contributed by atoms with Gasteiger partial charge in [0.1, 0.15) is 17.3 Å². The van der Waals surface area contributed by atoms with Gasteiger partial charge in [-0.05, 0) is 25.2 Å². The maximum atomic E-state index is 6.20. The van der Waals surface area contributed by atoms with Crippen LogP contribution in [0.25, 0.3) is 0 Å². The zero-order chi connectivity index (χ0) is 13.8. The number of halogens is 1. The first kappa shape index (κ1) is 14.5. The van der Waals surface area contributed by atoms with E-state index in [1.54, 1.807) is 0 Å². The van der Waals surface area contributed by atoms with Gasteiger partial charge in [0.15, 0.2) is 0 Å². The van der Waals surface area contributed by atoms with Crippen LogP contribution in [0.4, 0.5) is 5.82 Å². The number of hydrogen-bond donors (Lipinski definition) is 0. The highest BCUT2D eigenvalue weighted by atomic mass is 35.5. The number of anilines is 1. The first-order chi connectivity index (χ1) is 9.09. The Morgan fingerprint density at radius 2 is 2.21 bits per heavy atom. The molecule has 0 N–H and O–H groups in total. The molecule has 4 nitrogen and oxygen atoms in total. The van der Waals surface area contributed by atoms with Crippen LogP contribution in [0.1, 0.15) is 44.6 Å². The molecule has 0 aliphatic carbocycles. The third kappa shape index (κ3) is 3.57. The fraction of sp³-hybridized carbons (Fsp3) is 0.714. The van der Waals surface area contributed by atoms with Gasteiger partial charge < -0.3 is 9.64 Å². The van der Waals surface area contributed by atoms with E-state index in [9.17, 15) is 0 Å². The van der Waals surface area contributed by atoms with Gasteiger partial charge in [-0.2, -0.15) is 0 Å². The third-order valence-corrected chi connectivity index (χ3v) is 3.81. The molecule has 1 saturated heterocycles. The van der Waals surface area contributed by atoms with E-state index in [-0.39, 0.29) is 0 Å². The number of aromatic nitrogens is 2. The minimum atomic E-state index is 0.299. The summed E-state index contributed by atoms with van der Waals surface area (Å²) in [6, 6.07) is 0. The van der Waals surface area contributed by atoms with Crippen LogP contribution in [-0.4, -0.2) is 36.3 Å². The summed E-state index contributed by atoms with van der Waals surface area (Å²) >= 11 is 6.20. The summed E-state index contributed by atoms with van der Waals surface area (Å²) in [6.45, 7) is 5.95. The van der Waals surface area contributed by atoms with Crippen LogP contribution in [0.15, 0.2) is 6.33 Å². The predicted octanol–water partition coefficient (Wildman–Crippen LogP) is 3.26. The Labute approximate surface area is 120 Å². The van der Waals surface area contributed by atoms with Gasteiger partial charge in [-0.3, -0.25) is 0 Å². The fourth-order valence-corrected chi connectivity index (χ4v) is 2.86. The van der Waals surface area contributed by atoms with E-state index in [1.165, 1.54) is 19.2 Å². The number of likely N-dealkylation sites (N-methyl/N-ethyl adjacent to an activating group) is 1. The third-order valence-electron chi connectivity index (χ3n) is 3.50. The van der Waals surface area contributed by atoms with Crippen molar-refractivity contribution in [2.45, 2.75) is 45.1 Å². The molecular formula is C14H22ClN3O. The lowest BCUT2D eigenvalue weighted by Crippen LogP contribution is -2.34. The molecular weight excluding hydrogens is 262 g/mol. The van der Waals surface area contributed by atoms with Gasteiger partial charge in [0, 0.05) is 25.8 Å². The average molecular weight is 284 g/mol. The van der Waals surface area contributed by atoms with Crippen molar-refractivity contribution in [3.05, 3.63) is 17.0 Å². The largest absolute Gasteiger partial charge is 0.376 e. The van der Waals surface area contributed by atoms with E-state index in [0.717, 1.165) is 31.0 Å². The van der Waals surface area contributed by atoms with Crippen molar-refractivity contribution in [1.29, 1.82) is 0 Å². The quantitative estimate of drug-likeness (QED) is 0.795. The Morgan fingerprint density at radius 3 is 2.84 bits per heavy atom. The topological polar surface area (TPSA) is 38.2 Å². The summed E-state index contributed by atoms with van der Waals surface area (Å²) in [5.74, 6) is 1.22. The van der Waals surface area contributed by atoms with E-state index < -0.39 is 0 Å². The molecule has 2 rings (SSSR count). The second kappa shape index (κ2) is 6.53. The van der Waals surface area contributed by atoms with Crippen LogP contribution in [-0.2, 0) is 4.74 Å². The predicted molar refractivity (Wildman–Crippen MR) is 78.0 cm³/mol. The van der Waals surface area contributed by atoms with Crippen LogP contribution in [0, 0.1) is 0 Å². The molecule has 1 fully saturated rings. The smallest absolute Gasteiger partial charge is 0.138 e. The average Bonchev–Trinajstić information content (AvgIpc) is 2.39. The molecule has 0 bridgehead atoms. The minimum absolute atomic E-state index is 0.299.